The van der Waals surface area contributed by atoms with Crippen LogP contribution in [0.5, 0.6) is 11.6 Å². The number of carbonyl (C=O) groups is 2. The predicted molar refractivity (Wildman–Crippen MR) is 197 cm³/mol. The molecule has 2 spiro atoms. The van der Waals surface area contributed by atoms with Gasteiger partial charge in [-0.05, 0) is 18.2 Å². The van der Waals surface area contributed by atoms with Crippen molar-refractivity contribution in [3.8, 4) is 45.3 Å². The second-order valence-corrected chi connectivity index (χ2v) is 15.6. The number of likely N-dealkylation sites (tertiary alicyclic amines) is 3. The Kier molecular flexibility index (Phi) is 9.29. The van der Waals surface area contributed by atoms with Crippen LogP contribution < -0.4 is 14.8 Å². The Morgan fingerprint density at radius 3 is 2.26 bits per heavy atom. The molecule has 53 heavy (non-hydrogen) atoms. The maximum Gasteiger partial charge on any atom is 0.387 e. The molecule has 0 saturated carbocycles. The molecule has 8 rings (SSSR count). The number of ether oxygens (including phenoxy) is 2. The molecule has 4 aromatic rings. The maximum atomic E-state index is 13.6. The van der Waals surface area contributed by atoms with Gasteiger partial charge in [0.05, 0.1) is 28.5 Å². The molecule has 4 saturated heterocycles. The number of pyridine rings is 2. The summed E-state index contributed by atoms with van der Waals surface area (Å²) in [4.78, 5) is 39.1. The maximum absolute atomic E-state index is 13.6. The molecular formula is C39H38Cl2F2N6O4. The van der Waals surface area contributed by atoms with Crippen LogP contribution in [0.2, 0.25) is 10.0 Å². The standard InChI is InChI=1S/C39H38Cl2F2N6O4/c1-23(50)49-21-39(22-49)19-48(20-39)15-26-8-9-30(46-36(26)52-2)29-5-3-4-27(33(29)40)28-10-11-44-35(34(28)41)24-6-7-25(31(12-24)53-37(42)43)14-47-17-38(18-47)13-32(51)45-16-38/h3-12,37H,13-22H2,1-2H3,(H,45,51). The van der Waals surface area contributed by atoms with E-state index >= 15 is 0 Å². The summed E-state index contributed by atoms with van der Waals surface area (Å²) < 4.78 is 37.9. The molecule has 2 aromatic carbocycles. The van der Waals surface area contributed by atoms with Crippen LogP contribution in [-0.2, 0) is 22.7 Å². The van der Waals surface area contributed by atoms with Gasteiger partial charge in [-0.1, -0.05) is 59.6 Å². The van der Waals surface area contributed by atoms with E-state index in [2.05, 4.69) is 20.1 Å². The van der Waals surface area contributed by atoms with E-state index in [0.29, 0.717) is 94.3 Å². The molecule has 4 aliphatic heterocycles. The number of nitrogens with zero attached hydrogens (tertiary/aromatic N) is 5. The van der Waals surface area contributed by atoms with Crippen LogP contribution in [0.4, 0.5) is 8.78 Å². The molecule has 0 bridgehead atoms. The van der Waals surface area contributed by atoms with E-state index in [1.807, 2.05) is 35.2 Å². The first-order valence-corrected chi connectivity index (χ1v) is 18.2. The molecule has 2 aromatic heterocycles. The third-order valence-corrected chi connectivity index (χ3v) is 11.7. The van der Waals surface area contributed by atoms with Gasteiger partial charge in [-0.2, -0.15) is 8.78 Å². The average Bonchev–Trinajstić information content (AvgIpc) is 3.47. The van der Waals surface area contributed by atoms with Gasteiger partial charge in [0.25, 0.3) is 0 Å². The van der Waals surface area contributed by atoms with Crippen LogP contribution in [0, 0.1) is 10.8 Å². The molecule has 0 unspecified atom stereocenters. The van der Waals surface area contributed by atoms with Crippen molar-refractivity contribution in [3.05, 3.63) is 82.0 Å². The number of aromatic nitrogens is 2. The van der Waals surface area contributed by atoms with E-state index in [4.69, 9.17) is 37.7 Å². The molecule has 2 amide bonds. The molecule has 4 fully saturated rings. The van der Waals surface area contributed by atoms with Crippen LogP contribution >= 0.6 is 23.2 Å². The Bertz CT molecular complexity index is 2100. The van der Waals surface area contributed by atoms with Crippen molar-refractivity contribution in [2.75, 3.05) is 52.9 Å². The van der Waals surface area contributed by atoms with E-state index in [1.54, 1.807) is 44.5 Å². The van der Waals surface area contributed by atoms with Gasteiger partial charge < -0.3 is 19.7 Å². The fourth-order valence-electron chi connectivity index (χ4n) is 8.42. The summed E-state index contributed by atoms with van der Waals surface area (Å²) in [6, 6.07) is 16.4. The molecular weight excluding hydrogens is 725 g/mol. The molecule has 6 heterocycles. The minimum atomic E-state index is -3.02. The van der Waals surface area contributed by atoms with E-state index in [0.717, 1.165) is 31.7 Å². The number of carbonyl (C=O) groups excluding carboxylic acids is 2. The van der Waals surface area contributed by atoms with Gasteiger partial charge in [-0.25, -0.2) is 4.98 Å². The largest absolute Gasteiger partial charge is 0.481 e. The topological polar surface area (TPSA) is 100 Å². The van der Waals surface area contributed by atoms with Crippen molar-refractivity contribution in [1.82, 2.24) is 30.0 Å². The van der Waals surface area contributed by atoms with Gasteiger partial charge in [-0.3, -0.25) is 24.4 Å². The quantitative estimate of drug-likeness (QED) is 0.199. The van der Waals surface area contributed by atoms with E-state index in [-0.39, 0.29) is 28.4 Å². The SMILES string of the molecule is COc1nc(-c2cccc(-c3ccnc(-c4ccc(CN5CC6(CNC(=O)C6)C5)c(OC(F)F)c4)c3Cl)c2Cl)ccc1CN1CC2(C1)CN(C(C)=O)C2. The third-order valence-electron chi connectivity index (χ3n) is 10.9. The number of hydrogen-bond acceptors (Lipinski definition) is 8. The molecule has 0 aliphatic carbocycles. The summed E-state index contributed by atoms with van der Waals surface area (Å²) in [6.07, 6.45) is 2.09. The second-order valence-electron chi connectivity index (χ2n) is 14.9. The zero-order valence-corrected chi connectivity index (χ0v) is 30.8. The van der Waals surface area contributed by atoms with Crippen LogP contribution in [-0.4, -0.2) is 96.0 Å². The van der Waals surface area contributed by atoms with Crippen molar-refractivity contribution in [3.63, 3.8) is 0 Å². The lowest BCUT2D eigenvalue weighted by Gasteiger charge is -2.60. The highest BCUT2D eigenvalue weighted by Crippen LogP contribution is 2.44. The second kappa shape index (κ2) is 13.8. The molecule has 0 atom stereocenters. The highest BCUT2D eigenvalue weighted by molar-refractivity contribution is 6.39. The minimum Gasteiger partial charge on any atom is -0.481 e. The van der Waals surface area contributed by atoms with Gasteiger partial charge in [0, 0.05) is 123 Å². The van der Waals surface area contributed by atoms with Gasteiger partial charge >= 0.3 is 6.61 Å². The monoisotopic (exact) mass is 762 g/mol. The van der Waals surface area contributed by atoms with Crippen molar-refractivity contribution < 1.29 is 27.8 Å². The Hall–Kier alpha value is -4.36. The molecule has 14 heteroatoms. The van der Waals surface area contributed by atoms with Crippen molar-refractivity contribution in [2.45, 2.75) is 33.0 Å². The lowest BCUT2D eigenvalue weighted by atomic mass is 9.72. The number of rotatable bonds is 10. The van der Waals surface area contributed by atoms with Crippen molar-refractivity contribution >= 4 is 35.0 Å². The summed E-state index contributed by atoms with van der Waals surface area (Å²) in [7, 11) is 1.60. The zero-order valence-electron chi connectivity index (χ0n) is 29.3. The van der Waals surface area contributed by atoms with Crippen LogP contribution in [0.25, 0.3) is 33.6 Å². The average molecular weight is 764 g/mol. The minimum absolute atomic E-state index is 0.0436. The number of amides is 2. The fraction of sp³-hybridized carbons (Fsp3) is 0.385. The predicted octanol–water partition coefficient (Wildman–Crippen LogP) is 6.38. The van der Waals surface area contributed by atoms with E-state index < -0.39 is 6.61 Å². The number of halogens is 4. The summed E-state index contributed by atoms with van der Waals surface area (Å²) in [6.45, 7) is 5.20. The highest BCUT2D eigenvalue weighted by Gasteiger charge is 2.52. The van der Waals surface area contributed by atoms with Gasteiger partial charge in [0.1, 0.15) is 5.75 Å². The lowest BCUT2D eigenvalue weighted by molar-refractivity contribution is -0.157. The number of hydrogen-bond donors (Lipinski definition) is 1. The van der Waals surface area contributed by atoms with Crippen molar-refractivity contribution in [1.29, 1.82) is 0 Å². The normalized spacial score (nSPS) is 18.8. The summed E-state index contributed by atoms with van der Waals surface area (Å²) in [5.41, 5.74) is 5.17. The Labute approximate surface area is 316 Å². The zero-order chi connectivity index (χ0) is 37.1. The Balaban J connectivity index is 1.01. The summed E-state index contributed by atoms with van der Waals surface area (Å²) in [5, 5.41) is 3.62. The van der Waals surface area contributed by atoms with E-state index in [9.17, 15) is 18.4 Å². The molecule has 1 N–H and O–H groups in total. The lowest BCUT2D eigenvalue weighted by Crippen LogP contribution is -2.72. The summed E-state index contributed by atoms with van der Waals surface area (Å²) >= 11 is 14.1. The first-order valence-electron chi connectivity index (χ1n) is 17.5. The van der Waals surface area contributed by atoms with Gasteiger partial charge in [0.15, 0.2) is 0 Å². The first kappa shape index (κ1) is 35.7. The first-order chi connectivity index (χ1) is 25.4. The van der Waals surface area contributed by atoms with Crippen LogP contribution in [0.3, 0.4) is 0 Å². The van der Waals surface area contributed by atoms with E-state index in [1.165, 1.54) is 0 Å². The van der Waals surface area contributed by atoms with Crippen LogP contribution in [0.15, 0.2) is 60.8 Å². The Morgan fingerprint density at radius 2 is 1.58 bits per heavy atom. The molecule has 10 nitrogen and oxygen atoms in total. The van der Waals surface area contributed by atoms with Crippen molar-refractivity contribution in [2.24, 2.45) is 10.8 Å². The summed E-state index contributed by atoms with van der Waals surface area (Å²) in [5.74, 6) is 0.729. The fourth-order valence-corrected chi connectivity index (χ4v) is 9.06. The molecule has 4 aliphatic rings. The number of benzene rings is 2. The third kappa shape index (κ3) is 6.82. The number of alkyl halides is 2. The number of nitrogens with one attached hydrogen (secondary N) is 1. The number of methoxy groups -OCH3 is 1. The molecule has 276 valence electrons. The Morgan fingerprint density at radius 1 is 0.906 bits per heavy atom. The van der Waals surface area contributed by atoms with Gasteiger partial charge in [0.2, 0.25) is 17.7 Å². The van der Waals surface area contributed by atoms with Gasteiger partial charge in [-0.15, -0.1) is 0 Å². The molecule has 0 radical (unpaired) electrons. The smallest absolute Gasteiger partial charge is 0.387 e. The highest BCUT2D eigenvalue weighted by atomic mass is 35.5. The van der Waals surface area contributed by atoms with Crippen LogP contribution in [0.1, 0.15) is 24.5 Å².